The Morgan fingerprint density at radius 1 is 1.64 bits per heavy atom. The SMILES string of the molecule is CCCNc1cc(C)nn1C. The van der Waals surface area contributed by atoms with E-state index in [0.29, 0.717) is 0 Å². The zero-order chi connectivity index (χ0) is 8.27. The van der Waals surface area contributed by atoms with E-state index in [1.165, 1.54) is 0 Å². The first-order valence-corrected chi connectivity index (χ1v) is 3.98. The number of anilines is 1. The van der Waals surface area contributed by atoms with Gasteiger partial charge in [0, 0.05) is 19.7 Å². The van der Waals surface area contributed by atoms with E-state index < -0.39 is 0 Å². The highest BCUT2D eigenvalue weighted by atomic mass is 15.3. The standard InChI is InChI=1S/C8H15N3/c1-4-5-9-8-6-7(2)10-11(8)3/h6,9H,4-5H2,1-3H3. The Morgan fingerprint density at radius 2 is 2.36 bits per heavy atom. The van der Waals surface area contributed by atoms with Crippen molar-refractivity contribution < 1.29 is 0 Å². The molecule has 1 rings (SSSR count). The van der Waals surface area contributed by atoms with Gasteiger partial charge in [0.15, 0.2) is 0 Å². The van der Waals surface area contributed by atoms with Crippen molar-refractivity contribution in [2.45, 2.75) is 20.3 Å². The lowest BCUT2D eigenvalue weighted by atomic mass is 10.4. The summed E-state index contributed by atoms with van der Waals surface area (Å²) in [4.78, 5) is 0. The van der Waals surface area contributed by atoms with Crippen molar-refractivity contribution in [3.63, 3.8) is 0 Å². The molecule has 0 aromatic carbocycles. The van der Waals surface area contributed by atoms with Gasteiger partial charge in [-0.2, -0.15) is 5.10 Å². The van der Waals surface area contributed by atoms with Gasteiger partial charge in [0.2, 0.25) is 0 Å². The van der Waals surface area contributed by atoms with Crippen molar-refractivity contribution in [2.24, 2.45) is 7.05 Å². The van der Waals surface area contributed by atoms with Gasteiger partial charge in [0.1, 0.15) is 5.82 Å². The molecule has 0 saturated heterocycles. The Hall–Kier alpha value is -0.990. The Balaban J connectivity index is 2.62. The number of aryl methyl sites for hydroxylation is 2. The second kappa shape index (κ2) is 3.42. The van der Waals surface area contributed by atoms with E-state index in [4.69, 9.17) is 0 Å². The van der Waals surface area contributed by atoms with Crippen LogP contribution in [0.1, 0.15) is 19.0 Å². The molecule has 0 aliphatic rings. The van der Waals surface area contributed by atoms with Gasteiger partial charge in [-0.05, 0) is 13.3 Å². The van der Waals surface area contributed by atoms with E-state index in [1.54, 1.807) is 0 Å². The molecule has 11 heavy (non-hydrogen) atoms. The molecule has 0 spiro atoms. The highest BCUT2D eigenvalue weighted by molar-refractivity contribution is 5.36. The summed E-state index contributed by atoms with van der Waals surface area (Å²) in [6, 6.07) is 2.05. The van der Waals surface area contributed by atoms with Crippen LogP contribution in [0.5, 0.6) is 0 Å². The van der Waals surface area contributed by atoms with E-state index in [-0.39, 0.29) is 0 Å². The van der Waals surface area contributed by atoms with Crippen LogP contribution in [-0.4, -0.2) is 16.3 Å². The van der Waals surface area contributed by atoms with Crippen LogP contribution in [-0.2, 0) is 7.05 Å². The Labute approximate surface area is 67.4 Å². The van der Waals surface area contributed by atoms with Crippen molar-refractivity contribution in [2.75, 3.05) is 11.9 Å². The van der Waals surface area contributed by atoms with Crippen LogP contribution in [0.25, 0.3) is 0 Å². The van der Waals surface area contributed by atoms with Gasteiger partial charge in [0.25, 0.3) is 0 Å². The summed E-state index contributed by atoms with van der Waals surface area (Å²) in [6.45, 7) is 5.16. The second-order valence-corrected chi connectivity index (χ2v) is 2.72. The van der Waals surface area contributed by atoms with E-state index in [9.17, 15) is 0 Å². The van der Waals surface area contributed by atoms with Gasteiger partial charge >= 0.3 is 0 Å². The number of nitrogens with zero attached hydrogens (tertiary/aromatic N) is 2. The molecule has 0 unspecified atom stereocenters. The fraction of sp³-hybridized carbons (Fsp3) is 0.625. The molecule has 1 heterocycles. The molecular formula is C8H15N3. The molecule has 3 nitrogen and oxygen atoms in total. The zero-order valence-electron chi connectivity index (χ0n) is 7.39. The van der Waals surface area contributed by atoms with Crippen molar-refractivity contribution in [3.05, 3.63) is 11.8 Å². The van der Waals surface area contributed by atoms with E-state index in [2.05, 4.69) is 23.4 Å². The number of hydrogen-bond donors (Lipinski definition) is 1. The van der Waals surface area contributed by atoms with Gasteiger partial charge in [-0.1, -0.05) is 6.92 Å². The smallest absolute Gasteiger partial charge is 0.124 e. The van der Waals surface area contributed by atoms with Crippen molar-refractivity contribution >= 4 is 5.82 Å². The Kier molecular flexibility index (Phi) is 2.52. The second-order valence-electron chi connectivity index (χ2n) is 2.72. The fourth-order valence-electron chi connectivity index (χ4n) is 1.03. The number of nitrogens with one attached hydrogen (secondary N) is 1. The van der Waals surface area contributed by atoms with E-state index in [0.717, 1.165) is 24.5 Å². The van der Waals surface area contributed by atoms with Gasteiger partial charge < -0.3 is 5.32 Å². The monoisotopic (exact) mass is 153 g/mol. The molecule has 0 aliphatic carbocycles. The molecule has 1 N–H and O–H groups in total. The predicted octanol–water partition coefficient (Wildman–Crippen LogP) is 1.55. The van der Waals surface area contributed by atoms with Crippen molar-refractivity contribution in [1.82, 2.24) is 9.78 Å². The van der Waals surface area contributed by atoms with Crippen LogP contribution in [0.4, 0.5) is 5.82 Å². The molecule has 0 saturated carbocycles. The molecule has 0 amide bonds. The van der Waals surface area contributed by atoms with Gasteiger partial charge in [-0.3, -0.25) is 4.68 Å². The minimum Gasteiger partial charge on any atom is -0.370 e. The molecule has 62 valence electrons. The maximum atomic E-state index is 4.22. The lowest BCUT2D eigenvalue weighted by molar-refractivity contribution is 0.756. The molecule has 0 fully saturated rings. The summed E-state index contributed by atoms with van der Waals surface area (Å²) >= 11 is 0. The first-order chi connectivity index (χ1) is 5.24. The first kappa shape index (κ1) is 8.11. The summed E-state index contributed by atoms with van der Waals surface area (Å²) in [7, 11) is 1.95. The summed E-state index contributed by atoms with van der Waals surface area (Å²) in [5.74, 6) is 1.10. The normalized spacial score (nSPS) is 10.1. The molecule has 0 aliphatic heterocycles. The predicted molar refractivity (Wildman–Crippen MR) is 46.7 cm³/mol. The summed E-state index contributed by atoms with van der Waals surface area (Å²) < 4.78 is 1.87. The average Bonchev–Trinajstić information content (AvgIpc) is 2.26. The fourth-order valence-corrected chi connectivity index (χ4v) is 1.03. The molecular weight excluding hydrogens is 138 g/mol. The van der Waals surface area contributed by atoms with Gasteiger partial charge in [-0.25, -0.2) is 0 Å². The summed E-state index contributed by atoms with van der Waals surface area (Å²) in [5, 5.41) is 7.50. The molecule has 1 aromatic heterocycles. The third-order valence-corrected chi connectivity index (χ3v) is 1.56. The van der Waals surface area contributed by atoms with Crippen LogP contribution in [0.15, 0.2) is 6.07 Å². The highest BCUT2D eigenvalue weighted by Crippen LogP contribution is 2.06. The lowest BCUT2D eigenvalue weighted by Gasteiger charge is -2.02. The molecule has 0 atom stereocenters. The van der Waals surface area contributed by atoms with Gasteiger partial charge in [-0.15, -0.1) is 0 Å². The zero-order valence-corrected chi connectivity index (χ0v) is 7.39. The maximum Gasteiger partial charge on any atom is 0.124 e. The first-order valence-electron chi connectivity index (χ1n) is 3.98. The number of rotatable bonds is 3. The minimum absolute atomic E-state index is 1.01. The third-order valence-electron chi connectivity index (χ3n) is 1.56. The summed E-state index contributed by atoms with van der Waals surface area (Å²) in [6.07, 6.45) is 1.14. The number of aromatic nitrogens is 2. The van der Waals surface area contributed by atoms with Crippen molar-refractivity contribution in [3.8, 4) is 0 Å². The van der Waals surface area contributed by atoms with Crippen LogP contribution >= 0.6 is 0 Å². The Morgan fingerprint density at radius 3 is 2.82 bits per heavy atom. The molecule has 3 heteroatoms. The van der Waals surface area contributed by atoms with Crippen LogP contribution < -0.4 is 5.32 Å². The largest absolute Gasteiger partial charge is 0.370 e. The lowest BCUT2D eigenvalue weighted by Crippen LogP contribution is -2.04. The van der Waals surface area contributed by atoms with E-state index >= 15 is 0 Å². The van der Waals surface area contributed by atoms with E-state index in [1.807, 2.05) is 18.7 Å². The number of hydrogen-bond acceptors (Lipinski definition) is 2. The van der Waals surface area contributed by atoms with Gasteiger partial charge in [0.05, 0.1) is 5.69 Å². The third kappa shape index (κ3) is 1.97. The van der Waals surface area contributed by atoms with Crippen molar-refractivity contribution in [1.29, 1.82) is 0 Å². The Bertz CT molecular complexity index is 227. The van der Waals surface area contributed by atoms with Crippen LogP contribution in [0, 0.1) is 6.92 Å². The van der Waals surface area contributed by atoms with Crippen LogP contribution in [0.2, 0.25) is 0 Å². The minimum atomic E-state index is 1.01. The highest BCUT2D eigenvalue weighted by Gasteiger charge is 1.98. The summed E-state index contributed by atoms with van der Waals surface area (Å²) in [5.41, 5.74) is 1.06. The average molecular weight is 153 g/mol. The molecule has 0 bridgehead atoms. The molecule has 1 aromatic rings. The quantitative estimate of drug-likeness (QED) is 0.714. The van der Waals surface area contributed by atoms with Crippen LogP contribution in [0.3, 0.4) is 0 Å². The topological polar surface area (TPSA) is 29.9 Å². The maximum absolute atomic E-state index is 4.22. The molecule has 0 radical (unpaired) electrons.